The summed E-state index contributed by atoms with van der Waals surface area (Å²) < 4.78 is 31.4. The van der Waals surface area contributed by atoms with Crippen LogP contribution in [0.1, 0.15) is 0 Å². The number of nitrogens with zero attached hydrogens (tertiary/aromatic N) is 8. The number of fused-ring (bicyclic) bond motifs is 3. The molecule has 0 aliphatic heterocycles. The fourth-order valence-corrected chi connectivity index (χ4v) is 2.73. The van der Waals surface area contributed by atoms with Gasteiger partial charge in [-0.15, -0.1) is 0 Å². The molecule has 0 aliphatic carbocycles. The van der Waals surface area contributed by atoms with Crippen LogP contribution in [-0.2, 0) is 14.1 Å². The first-order valence-corrected chi connectivity index (χ1v) is 6.96. The summed E-state index contributed by atoms with van der Waals surface area (Å²) in [6.07, 6.45) is 0. The van der Waals surface area contributed by atoms with Gasteiger partial charge in [0.2, 0.25) is 0 Å². The normalized spacial score (nSPS) is 10.2. The molecule has 0 amide bonds. The van der Waals surface area contributed by atoms with Crippen molar-refractivity contribution >= 4 is 33.2 Å². The fraction of sp³-hybridized carbons (Fsp3) is 0.125. The van der Waals surface area contributed by atoms with Gasteiger partial charge in [0.25, 0.3) is 0 Å². The Morgan fingerprint density at radius 1 is 0.731 bits per heavy atom. The minimum Gasteiger partial charge on any atom is -0.323 e. The van der Waals surface area contributed by atoms with Crippen LogP contribution in [0.2, 0.25) is 0 Å². The van der Waals surface area contributed by atoms with Crippen LogP contribution in [0.4, 0.5) is 8.78 Å². The Bertz CT molecular complexity index is 1270. The van der Waals surface area contributed by atoms with E-state index in [0.29, 0.717) is 0 Å². The summed E-state index contributed by atoms with van der Waals surface area (Å²) in [6.45, 7) is 0. The van der Waals surface area contributed by atoms with Crippen molar-refractivity contribution in [2.75, 3.05) is 0 Å². The van der Waals surface area contributed by atoms with Gasteiger partial charge in [0.1, 0.15) is 46.3 Å². The van der Waals surface area contributed by atoms with Gasteiger partial charge in [-0.3, -0.25) is 0 Å². The Labute approximate surface area is 144 Å². The average molecular weight is 348 g/mol. The summed E-state index contributed by atoms with van der Waals surface area (Å²) in [7, 11) is 2.67. The van der Waals surface area contributed by atoms with Crippen molar-refractivity contribution < 1.29 is 8.78 Å². The molecule has 0 aliphatic rings. The molecule has 0 spiro atoms. The second-order valence-electron chi connectivity index (χ2n) is 5.21. The van der Waals surface area contributed by atoms with E-state index < -0.39 is 11.6 Å². The molecule has 2 aromatic heterocycles. The zero-order valence-corrected chi connectivity index (χ0v) is 13.3. The Morgan fingerprint density at radius 2 is 1.04 bits per heavy atom. The highest BCUT2D eigenvalue weighted by molar-refractivity contribution is 6.02. The van der Waals surface area contributed by atoms with Gasteiger partial charge in [-0.1, -0.05) is 0 Å². The van der Waals surface area contributed by atoms with Crippen molar-refractivity contribution in [3.05, 3.63) is 22.6 Å². The number of nitriles is 4. The third-order valence-electron chi connectivity index (χ3n) is 3.92. The zero-order valence-electron chi connectivity index (χ0n) is 13.3. The van der Waals surface area contributed by atoms with E-state index in [-0.39, 0.29) is 44.2 Å². The van der Waals surface area contributed by atoms with E-state index in [4.69, 9.17) is 21.0 Å². The lowest BCUT2D eigenvalue weighted by Crippen LogP contribution is -2.18. The summed E-state index contributed by atoms with van der Waals surface area (Å²) in [5, 5.41) is 36.1. The lowest BCUT2D eigenvalue weighted by molar-refractivity contribution is 0.517. The molecular weight excluding hydrogens is 342 g/mol. The first-order valence-electron chi connectivity index (χ1n) is 6.96. The number of aryl methyl sites for hydroxylation is 2. The summed E-state index contributed by atoms with van der Waals surface area (Å²) in [5.74, 6) is -2.48. The third-order valence-corrected chi connectivity index (χ3v) is 3.92. The molecule has 8 nitrogen and oxygen atoms in total. The molecule has 0 unspecified atom stereocenters. The van der Waals surface area contributed by atoms with Crippen LogP contribution in [0.3, 0.4) is 0 Å². The lowest BCUT2D eigenvalue weighted by atomic mass is 10.2. The van der Waals surface area contributed by atoms with E-state index in [0.717, 1.165) is 9.13 Å². The van der Waals surface area contributed by atoms with Crippen molar-refractivity contribution in [3.63, 3.8) is 0 Å². The molecular formula is C16H6F2N8. The van der Waals surface area contributed by atoms with E-state index in [2.05, 4.69) is 9.97 Å². The standard InChI is InChI=1S/C16H6F2N8/c1-25-13-9(17)10(18)14-12(11(13)23-15(25)7(3-19)4-20)24-16(26(14)2)8(5-21)6-22/h1-2H3. The van der Waals surface area contributed by atoms with Crippen molar-refractivity contribution in [2.45, 2.75) is 0 Å². The molecule has 0 saturated heterocycles. The van der Waals surface area contributed by atoms with Gasteiger partial charge in [-0.05, 0) is 0 Å². The van der Waals surface area contributed by atoms with Crippen LogP contribution >= 0.6 is 0 Å². The Balaban J connectivity index is 2.76. The zero-order chi connectivity index (χ0) is 19.2. The fourth-order valence-electron chi connectivity index (χ4n) is 2.73. The molecule has 0 atom stereocenters. The molecule has 0 radical (unpaired) electrons. The van der Waals surface area contributed by atoms with Crippen molar-refractivity contribution in [3.8, 4) is 24.3 Å². The number of imidazole rings is 2. The molecule has 0 N–H and O–H groups in total. The topological polar surface area (TPSA) is 131 Å². The highest BCUT2D eigenvalue weighted by atomic mass is 19.2. The molecule has 10 heteroatoms. The van der Waals surface area contributed by atoms with Crippen molar-refractivity contribution in [1.82, 2.24) is 19.1 Å². The predicted molar refractivity (Wildman–Crippen MR) is 83.4 cm³/mol. The summed E-state index contributed by atoms with van der Waals surface area (Å²) >= 11 is 0. The van der Waals surface area contributed by atoms with Crippen LogP contribution in [0.15, 0.2) is 0 Å². The first kappa shape index (κ1) is 16.6. The molecule has 3 aromatic rings. The second-order valence-corrected chi connectivity index (χ2v) is 5.21. The minimum absolute atomic E-state index is 0.0866. The van der Waals surface area contributed by atoms with E-state index in [1.165, 1.54) is 14.1 Å². The molecule has 124 valence electrons. The summed E-state index contributed by atoms with van der Waals surface area (Å²) in [6, 6.07) is 6.58. The minimum atomic E-state index is -1.24. The maximum absolute atomic E-state index is 14.6. The van der Waals surface area contributed by atoms with Crippen molar-refractivity contribution in [2.24, 2.45) is 14.1 Å². The number of halogens is 2. The van der Waals surface area contributed by atoms with E-state index in [1.807, 2.05) is 0 Å². The molecule has 26 heavy (non-hydrogen) atoms. The van der Waals surface area contributed by atoms with Crippen LogP contribution < -0.4 is 11.0 Å². The average Bonchev–Trinajstić information content (AvgIpc) is 3.14. The molecule has 0 saturated carbocycles. The summed E-state index contributed by atoms with van der Waals surface area (Å²) in [5.41, 5.74) is -1.79. The Kier molecular flexibility index (Phi) is 3.61. The first-order chi connectivity index (χ1) is 12.4. The quantitative estimate of drug-likeness (QED) is 0.567. The molecule has 0 bridgehead atoms. The molecule has 1 aromatic carbocycles. The highest BCUT2D eigenvalue weighted by Crippen LogP contribution is 2.27. The van der Waals surface area contributed by atoms with E-state index >= 15 is 0 Å². The van der Waals surface area contributed by atoms with Crippen LogP contribution in [0.25, 0.3) is 33.2 Å². The lowest BCUT2D eigenvalue weighted by Gasteiger charge is -2.02. The van der Waals surface area contributed by atoms with Crippen LogP contribution in [0, 0.1) is 57.0 Å². The largest absolute Gasteiger partial charge is 0.323 e. The predicted octanol–water partition coefficient (Wildman–Crippen LogP) is 0.134. The maximum atomic E-state index is 14.6. The molecule has 0 fully saturated rings. The van der Waals surface area contributed by atoms with E-state index in [9.17, 15) is 8.78 Å². The Morgan fingerprint density at radius 3 is 1.31 bits per heavy atom. The van der Waals surface area contributed by atoms with Gasteiger partial charge in [-0.2, -0.15) is 21.0 Å². The van der Waals surface area contributed by atoms with E-state index in [1.54, 1.807) is 24.3 Å². The SMILES string of the molecule is Cn1c(=C(C#N)C#N)nc2c3nc(=C(C#N)C#N)n(C)c3c(F)c(F)c21. The van der Waals surface area contributed by atoms with Gasteiger partial charge < -0.3 is 9.13 Å². The van der Waals surface area contributed by atoms with Gasteiger partial charge in [0.15, 0.2) is 33.7 Å². The number of rotatable bonds is 0. The smallest absolute Gasteiger partial charge is 0.187 e. The van der Waals surface area contributed by atoms with Crippen molar-refractivity contribution in [1.29, 1.82) is 21.0 Å². The Hall–Kier alpha value is -4.28. The number of hydrogen-bond donors (Lipinski definition) is 0. The molecule has 2 heterocycles. The van der Waals surface area contributed by atoms with Crippen LogP contribution in [0.5, 0.6) is 0 Å². The number of aromatic nitrogens is 4. The second kappa shape index (κ2) is 5.66. The maximum Gasteiger partial charge on any atom is 0.187 e. The third kappa shape index (κ3) is 1.94. The van der Waals surface area contributed by atoms with Gasteiger partial charge >= 0.3 is 0 Å². The molecule has 3 rings (SSSR count). The highest BCUT2D eigenvalue weighted by Gasteiger charge is 2.24. The number of hydrogen-bond acceptors (Lipinski definition) is 6. The van der Waals surface area contributed by atoms with Crippen LogP contribution in [-0.4, -0.2) is 19.1 Å². The van der Waals surface area contributed by atoms with Gasteiger partial charge in [-0.25, -0.2) is 18.7 Å². The van der Waals surface area contributed by atoms with Gasteiger partial charge in [0.05, 0.1) is 0 Å². The number of benzene rings is 1. The summed E-state index contributed by atoms with van der Waals surface area (Å²) in [4.78, 5) is 8.15. The van der Waals surface area contributed by atoms with Gasteiger partial charge in [0, 0.05) is 14.1 Å². The monoisotopic (exact) mass is 348 g/mol.